The molecule has 2 aliphatic rings. The first kappa shape index (κ1) is 20.9. The van der Waals surface area contributed by atoms with Crippen LogP contribution in [0.4, 0.5) is 10.1 Å². The van der Waals surface area contributed by atoms with E-state index in [0.29, 0.717) is 18.3 Å². The Morgan fingerprint density at radius 2 is 1.77 bits per heavy atom. The highest BCUT2D eigenvalue weighted by Gasteiger charge is 2.29. The number of ether oxygens (including phenoxy) is 2. The lowest BCUT2D eigenvalue weighted by molar-refractivity contribution is 0.0881. The van der Waals surface area contributed by atoms with Crippen LogP contribution in [0.25, 0.3) is 0 Å². The fraction of sp³-hybridized carbons (Fsp3) is 0.500. The molecule has 0 N–H and O–H groups in total. The van der Waals surface area contributed by atoms with Crippen molar-refractivity contribution in [3.63, 3.8) is 0 Å². The van der Waals surface area contributed by atoms with Crippen LogP contribution in [0.2, 0.25) is 0 Å². The van der Waals surface area contributed by atoms with Gasteiger partial charge in [-0.1, -0.05) is 18.2 Å². The van der Waals surface area contributed by atoms with E-state index in [4.69, 9.17) is 9.47 Å². The first-order valence-electron chi connectivity index (χ1n) is 10.8. The summed E-state index contributed by atoms with van der Waals surface area (Å²) in [6.45, 7) is 6.80. The maximum absolute atomic E-state index is 14.4. The molecule has 6 heteroatoms. The first-order chi connectivity index (χ1) is 14.7. The van der Waals surface area contributed by atoms with Crippen LogP contribution in [0.3, 0.4) is 0 Å². The minimum Gasteiger partial charge on any atom is -0.497 e. The molecule has 2 saturated heterocycles. The molecule has 0 aromatic heterocycles. The predicted octanol–water partition coefficient (Wildman–Crippen LogP) is 3.63. The van der Waals surface area contributed by atoms with Crippen molar-refractivity contribution in [1.29, 1.82) is 0 Å². The lowest BCUT2D eigenvalue weighted by Crippen LogP contribution is -2.55. The van der Waals surface area contributed by atoms with Crippen LogP contribution in [0.1, 0.15) is 18.4 Å². The highest BCUT2D eigenvalue weighted by atomic mass is 19.1. The summed E-state index contributed by atoms with van der Waals surface area (Å²) in [6.07, 6.45) is 2.38. The number of anilines is 1. The van der Waals surface area contributed by atoms with E-state index in [1.165, 1.54) is 18.2 Å². The van der Waals surface area contributed by atoms with Gasteiger partial charge in [0, 0.05) is 56.9 Å². The fourth-order valence-corrected chi connectivity index (χ4v) is 4.72. The van der Waals surface area contributed by atoms with Gasteiger partial charge >= 0.3 is 0 Å². The van der Waals surface area contributed by atoms with E-state index < -0.39 is 0 Å². The van der Waals surface area contributed by atoms with Crippen LogP contribution in [-0.4, -0.2) is 69.3 Å². The van der Waals surface area contributed by atoms with Gasteiger partial charge in [0.1, 0.15) is 17.3 Å². The Labute approximate surface area is 179 Å². The monoisotopic (exact) mass is 413 g/mol. The van der Waals surface area contributed by atoms with Crippen LogP contribution in [-0.2, 0) is 6.54 Å². The molecular weight excluding hydrogens is 381 g/mol. The highest BCUT2D eigenvalue weighted by molar-refractivity contribution is 5.58. The van der Waals surface area contributed by atoms with Crippen LogP contribution in [0.5, 0.6) is 11.5 Å². The molecule has 162 valence electrons. The third-order valence-corrected chi connectivity index (χ3v) is 6.39. The Morgan fingerprint density at radius 1 is 0.967 bits per heavy atom. The van der Waals surface area contributed by atoms with Gasteiger partial charge in [-0.25, -0.2) is 4.39 Å². The SMILES string of the molecule is COc1ccc(CN2CCC[C@H](N3CCN(c4ccccc4OC)CC3)C2)c(F)c1. The lowest BCUT2D eigenvalue weighted by Gasteiger charge is -2.44. The maximum atomic E-state index is 14.4. The largest absolute Gasteiger partial charge is 0.497 e. The second-order valence-corrected chi connectivity index (χ2v) is 8.18. The zero-order chi connectivity index (χ0) is 20.9. The predicted molar refractivity (Wildman–Crippen MR) is 118 cm³/mol. The molecule has 0 bridgehead atoms. The summed E-state index contributed by atoms with van der Waals surface area (Å²) >= 11 is 0. The van der Waals surface area contributed by atoms with E-state index in [-0.39, 0.29) is 5.82 Å². The van der Waals surface area contributed by atoms with Gasteiger partial charge in [-0.15, -0.1) is 0 Å². The van der Waals surface area contributed by atoms with Gasteiger partial charge in [-0.05, 0) is 37.6 Å². The number of halogens is 1. The van der Waals surface area contributed by atoms with Gasteiger partial charge in [0.15, 0.2) is 0 Å². The molecule has 30 heavy (non-hydrogen) atoms. The summed E-state index contributed by atoms with van der Waals surface area (Å²) in [5.74, 6) is 1.33. The molecule has 1 atom stereocenters. The van der Waals surface area contributed by atoms with E-state index in [1.54, 1.807) is 14.2 Å². The summed E-state index contributed by atoms with van der Waals surface area (Å²) < 4.78 is 25.0. The number of likely N-dealkylation sites (tertiary alicyclic amines) is 1. The van der Waals surface area contributed by atoms with Gasteiger partial charge in [0.25, 0.3) is 0 Å². The van der Waals surface area contributed by atoms with E-state index in [1.807, 2.05) is 24.3 Å². The number of piperazine rings is 1. The number of hydrogen-bond acceptors (Lipinski definition) is 5. The molecule has 2 heterocycles. The molecule has 2 aliphatic heterocycles. The highest BCUT2D eigenvalue weighted by Crippen LogP contribution is 2.29. The average molecular weight is 414 g/mol. The van der Waals surface area contributed by atoms with Crippen molar-refractivity contribution in [1.82, 2.24) is 9.80 Å². The quantitative estimate of drug-likeness (QED) is 0.721. The Kier molecular flexibility index (Phi) is 6.75. The second kappa shape index (κ2) is 9.67. The Bertz CT molecular complexity index is 839. The molecule has 2 aromatic carbocycles. The van der Waals surface area contributed by atoms with Crippen LogP contribution < -0.4 is 14.4 Å². The first-order valence-corrected chi connectivity index (χ1v) is 10.8. The molecule has 2 aromatic rings. The maximum Gasteiger partial charge on any atom is 0.142 e. The van der Waals surface area contributed by atoms with Crippen LogP contribution in [0.15, 0.2) is 42.5 Å². The summed E-state index contributed by atoms with van der Waals surface area (Å²) in [5, 5.41) is 0. The third kappa shape index (κ3) is 4.71. The van der Waals surface area contributed by atoms with E-state index in [0.717, 1.165) is 57.0 Å². The molecule has 0 aliphatic carbocycles. The number of rotatable bonds is 6. The van der Waals surface area contributed by atoms with Gasteiger partial charge in [-0.2, -0.15) is 0 Å². The molecule has 0 radical (unpaired) electrons. The van der Waals surface area contributed by atoms with Crippen molar-refractivity contribution in [3.05, 3.63) is 53.8 Å². The smallest absolute Gasteiger partial charge is 0.142 e. The van der Waals surface area contributed by atoms with Crippen molar-refractivity contribution in [2.75, 3.05) is 58.4 Å². The summed E-state index contributed by atoms with van der Waals surface area (Å²) in [7, 11) is 3.30. The molecular formula is C24H32FN3O2. The van der Waals surface area contributed by atoms with Crippen molar-refractivity contribution in [2.45, 2.75) is 25.4 Å². The number of methoxy groups -OCH3 is 2. The number of piperidine rings is 1. The van der Waals surface area contributed by atoms with Crippen molar-refractivity contribution in [3.8, 4) is 11.5 Å². The van der Waals surface area contributed by atoms with Crippen LogP contribution in [0, 0.1) is 5.82 Å². The number of hydrogen-bond donors (Lipinski definition) is 0. The minimum atomic E-state index is -0.179. The summed E-state index contributed by atoms with van der Waals surface area (Å²) in [4.78, 5) is 7.43. The van der Waals surface area contributed by atoms with E-state index in [2.05, 4.69) is 26.8 Å². The Morgan fingerprint density at radius 3 is 2.50 bits per heavy atom. The lowest BCUT2D eigenvalue weighted by atomic mass is 10.0. The zero-order valence-corrected chi connectivity index (χ0v) is 18.0. The van der Waals surface area contributed by atoms with Crippen molar-refractivity contribution in [2.24, 2.45) is 0 Å². The molecule has 2 fully saturated rings. The number of benzene rings is 2. The van der Waals surface area contributed by atoms with Crippen LogP contribution >= 0.6 is 0 Å². The standard InChI is InChI=1S/C24H32FN3O2/c1-29-21-10-9-19(22(25)16-21)17-26-11-5-6-20(18-26)27-12-14-28(15-13-27)23-7-3-4-8-24(23)30-2/h3-4,7-10,16,20H,5-6,11-15,17-18H2,1-2H3/t20-/m0/s1. The van der Waals surface area contributed by atoms with E-state index in [9.17, 15) is 4.39 Å². The molecule has 0 amide bonds. The average Bonchev–Trinajstić information content (AvgIpc) is 2.80. The van der Waals surface area contributed by atoms with Gasteiger partial charge in [0.05, 0.1) is 19.9 Å². The summed E-state index contributed by atoms with van der Waals surface area (Å²) in [5.41, 5.74) is 1.93. The minimum absolute atomic E-state index is 0.179. The number of para-hydroxylation sites is 2. The zero-order valence-electron chi connectivity index (χ0n) is 18.0. The van der Waals surface area contributed by atoms with Crippen molar-refractivity contribution < 1.29 is 13.9 Å². The fourth-order valence-electron chi connectivity index (χ4n) is 4.72. The third-order valence-electron chi connectivity index (χ3n) is 6.39. The van der Waals surface area contributed by atoms with E-state index >= 15 is 0 Å². The summed E-state index contributed by atoms with van der Waals surface area (Å²) in [6, 6.07) is 14.0. The normalized spacial score (nSPS) is 20.9. The Balaban J connectivity index is 1.33. The molecule has 4 rings (SSSR count). The topological polar surface area (TPSA) is 28.2 Å². The second-order valence-electron chi connectivity index (χ2n) is 8.18. The molecule has 5 nitrogen and oxygen atoms in total. The van der Waals surface area contributed by atoms with Gasteiger partial charge in [0.2, 0.25) is 0 Å². The molecule has 0 saturated carbocycles. The van der Waals surface area contributed by atoms with Crippen molar-refractivity contribution >= 4 is 5.69 Å². The van der Waals surface area contributed by atoms with Gasteiger partial charge in [-0.3, -0.25) is 9.80 Å². The van der Waals surface area contributed by atoms with Gasteiger partial charge < -0.3 is 14.4 Å². The molecule has 0 unspecified atom stereocenters. The number of nitrogens with zero attached hydrogens (tertiary/aromatic N) is 3. The molecule has 0 spiro atoms. The Hall–Kier alpha value is -2.31.